The molecule has 210 valence electrons. The zero-order valence-electron chi connectivity index (χ0n) is 23.7. The first-order chi connectivity index (χ1) is 20.1. The third kappa shape index (κ3) is 5.93. The van der Waals surface area contributed by atoms with E-state index in [1.165, 1.54) is 0 Å². The molecule has 5 aromatic rings. The molecule has 6 rings (SSSR count). The van der Waals surface area contributed by atoms with Crippen LogP contribution in [0, 0.1) is 6.92 Å². The van der Waals surface area contributed by atoms with Crippen molar-refractivity contribution in [2.24, 2.45) is 0 Å². The lowest BCUT2D eigenvalue weighted by atomic mass is 10.0. The van der Waals surface area contributed by atoms with E-state index in [2.05, 4.69) is 62.7 Å². The summed E-state index contributed by atoms with van der Waals surface area (Å²) in [7, 11) is 0. The maximum absolute atomic E-state index is 13.8. The van der Waals surface area contributed by atoms with Gasteiger partial charge in [0, 0.05) is 24.2 Å². The van der Waals surface area contributed by atoms with E-state index in [1.807, 2.05) is 60.1 Å². The van der Waals surface area contributed by atoms with E-state index in [-0.39, 0.29) is 11.6 Å². The normalized spacial score (nSPS) is 14.6. The minimum absolute atomic E-state index is 0.128. The molecule has 1 N–H and O–H groups in total. The van der Waals surface area contributed by atoms with Crippen LogP contribution in [0.15, 0.2) is 83.7 Å². The summed E-state index contributed by atoms with van der Waals surface area (Å²) in [5, 5.41) is 14.2. The van der Waals surface area contributed by atoms with Gasteiger partial charge < -0.3 is 9.72 Å². The molecule has 0 saturated heterocycles. The summed E-state index contributed by atoms with van der Waals surface area (Å²) in [4.78, 5) is 19.3. The number of aryl methyl sites for hydroxylation is 1. The number of aromatic amines is 1. The van der Waals surface area contributed by atoms with Gasteiger partial charge in [-0.25, -0.2) is 4.68 Å². The van der Waals surface area contributed by atoms with Crippen molar-refractivity contribution in [3.05, 3.63) is 117 Å². The van der Waals surface area contributed by atoms with Crippen LogP contribution in [0.2, 0.25) is 0 Å². The van der Waals surface area contributed by atoms with Crippen molar-refractivity contribution in [2.45, 2.75) is 64.7 Å². The van der Waals surface area contributed by atoms with Crippen molar-refractivity contribution in [2.75, 3.05) is 6.61 Å². The van der Waals surface area contributed by atoms with E-state index in [0.717, 1.165) is 59.0 Å². The molecule has 1 aliphatic carbocycles. The lowest BCUT2D eigenvalue weighted by molar-refractivity contribution is 0.190. The first-order valence-corrected chi connectivity index (χ1v) is 14.5. The molecule has 2 heterocycles. The average Bonchev–Trinajstić information content (AvgIpc) is 3.68. The topological polar surface area (TPSA) is 88.9 Å². The van der Waals surface area contributed by atoms with Crippen molar-refractivity contribution in [1.82, 2.24) is 30.1 Å². The fourth-order valence-electron chi connectivity index (χ4n) is 5.98. The zero-order valence-corrected chi connectivity index (χ0v) is 23.7. The maximum atomic E-state index is 13.8. The van der Waals surface area contributed by atoms with Gasteiger partial charge in [-0.3, -0.25) is 9.69 Å². The maximum Gasteiger partial charge on any atom is 0.253 e. The highest BCUT2D eigenvalue weighted by Crippen LogP contribution is 2.35. The summed E-state index contributed by atoms with van der Waals surface area (Å²) in [5.74, 6) is 1.55. The second-order valence-corrected chi connectivity index (χ2v) is 10.9. The van der Waals surface area contributed by atoms with E-state index < -0.39 is 6.04 Å². The number of rotatable bonds is 10. The number of fused-ring (bicyclic) bond motifs is 1. The summed E-state index contributed by atoms with van der Waals surface area (Å²) in [6.07, 6.45) is 4.39. The standard InChI is InChI=1S/C33H36N6O2/c1-3-41-28-16-14-25(15-17-28)22-38(21-24-9-5-4-6-10-24)31(32-35-36-37-39(32)27-11-7-8-12-27)29-20-26-19-23(2)13-18-30(26)34-33(29)40/h4-6,9-10,13-20,27,31H,3,7-8,11-12,21-22H2,1-2H3,(H,34,40)/t31-/m1/s1. The van der Waals surface area contributed by atoms with E-state index >= 15 is 0 Å². The zero-order chi connectivity index (χ0) is 28.2. The van der Waals surface area contributed by atoms with Gasteiger partial charge in [-0.05, 0) is 84.0 Å². The molecule has 0 unspecified atom stereocenters. The molecule has 2 aromatic heterocycles. The Morgan fingerprint density at radius 1 is 0.976 bits per heavy atom. The Morgan fingerprint density at radius 3 is 2.44 bits per heavy atom. The summed E-state index contributed by atoms with van der Waals surface area (Å²) in [6.45, 7) is 5.87. The third-order valence-corrected chi connectivity index (χ3v) is 7.97. The molecule has 8 heteroatoms. The fourth-order valence-corrected chi connectivity index (χ4v) is 5.98. The predicted octanol–water partition coefficient (Wildman–Crippen LogP) is 6.13. The SMILES string of the molecule is CCOc1ccc(CN(Cc2ccccc2)[C@H](c2cc3cc(C)ccc3[nH]c2=O)c2nnnn2C2CCCC2)cc1. The Morgan fingerprint density at radius 2 is 1.71 bits per heavy atom. The highest BCUT2D eigenvalue weighted by atomic mass is 16.5. The molecular formula is C33H36N6O2. The van der Waals surface area contributed by atoms with Crippen molar-refractivity contribution in [3.63, 3.8) is 0 Å². The Labute approximate surface area is 240 Å². The van der Waals surface area contributed by atoms with E-state index in [4.69, 9.17) is 4.74 Å². The molecule has 0 amide bonds. The van der Waals surface area contributed by atoms with Crippen LogP contribution < -0.4 is 10.3 Å². The van der Waals surface area contributed by atoms with Gasteiger partial charge in [-0.15, -0.1) is 5.10 Å². The molecule has 0 aliphatic heterocycles. The predicted molar refractivity (Wildman–Crippen MR) is 160 cm³/mol. The average molecular weight is 549 g/mol. The fraction of sp³-hybridized carbons (Fsp3) is 0.333. The number of tetrazole rings is 1. The van der Waals surface area contributed by atoms with Crippen molar-refractivity contribution < 1.29 is 4.74 Å². The number of hydrogen-bond acceptors (Lipinski definition) is 6. The van der Waals surface area contributed by atoms with E-state index in [0.29, 0.717) is 31.1 Å². The first-order valence-electron chi connectivity index (χ1n) is 14.5. The second-order valence-electron chi connectivity index (χ2n) is 10.9. The summed E-state index contributed by atoms with van der Waals surface area (Å²) < 4.78 is 7.67. The molecule has 1 saturated carbocycles. The molecule has 0 radical (unpaired) electrons. The van der Waals surface area contributed by atoms with Gasteiger partial charge in [-0.2, -0.15) is 0 Å². The van der Waals surface area contributed by atoms with Crippen molar-refractivity contribution in [3.8, 4) is 5.75 Å². The second kappa shape index (κ2) is 12.1. The number of aromatic nitrogens is 5. The lowest BCUT2D eigenvalue weighted by Crippen LogP contribution is -2.35. The van der Waals surface area contributed by atoms with Crippen molar-refractivity contribution in [1.29, 1.82) is 0 Å². The number of hydrogen-bond donors (Lipinski definition) is 1. The number of nitrogens with one attached hydrogen (secondary N) is 1. The Hall–Kier alpha value is -4.30. The third-order valence-electron chi connectivity index (χ3n) is 7.97. The van der Waals surface area contributed by atoms with Crippen LogP contribution in [0.4, 0.5) is 0 Å². The largest absolute Gasteiger partial charge is 0.494 e. The van der Waals surface area contributed by atoms with Gasteiger partial charge in [0.25, 0.3) is 5.56 Å². The molecule has 0 bridgehead atoms. The number of ether oxygens (including phenoxy) is 1. The van der Waals surface area contributed by atoms with Crippen LogP contribution in [0.25, 0.3) is 10.9 Å². The molecular weight excluding hydrogens is 512 g/mol. The molecule has 1 aliphatic rings. The minimum atomic E-state index is -0.467. The number of pyridine rings is 1. The first kappa shape index (κ1) is 26.9. The minimum Gasteiger partial charge on any atom is -0.494 e. The summed E-state index contributed by atoms with van der Waals surface area (Å²) >= 11 is 0. The van der Waals surface area contributed by atoms with E-state index in [9.17, 15) is 4.79 Å². The molecule has 41 heavy (non-hydrogen) atoms. The number of benzene rings is 3. The van der Waals surface area contributed by atoms with Gasteiger partial charge >= 0.3 is 0 Å². The molecule has 0 spiro atoms. The van der Waals surface area contributed by atoms with Crippen LogP contribution in [0.1, 0.15) is 72.8 Å². The smallest absolute Gasteiger partial charge is 0.253 e. The van der Waals surface area contributed by atoms with Gasteiger partial charge in [-0.1, -0.05) is 66.9 Å². The Kier molecular flexibility index (Phi) is 7.91. The molecule has 3 aromatic carbocycles. The van der Waals surface area contributed by atoms with Crippen LogP contribution in [0.3, 0.4) is 0 Å². The number of H-pyrrole nitrogens is 1. The quantitative estimate of drug-likeness (QED) is 0.226. The van der Waals surface area contributed by atoms with E-state index in [1.54, 1.807) is 0 Å². The molecule has 8 nitrogen and oxygen atoms in total. The van der Waals surface area contributed by atoms with Gasteiger partial charge in [0.05, 0.1) is 12.6 Å². The monoisotopic (exact) mass is 548 g/mol. The Balaban J connectivity index is 1.51. The Bertz CT molecular complexity index is 1660. The van der Waals surface area contributed by atoms with Crippen LogP contribution in [-0.2, 0) is 13.1 Å². The van der Waals surface area contributed by atoms with Crippen LogP contribution in [0.5, 0.6) is 5.75 Å². The number of nitrogens with zero attached hydrogens (tertiary/aromatic N) is 5. The highest BCUT2D eigenvalue weighted by Gasteiger charge is 2.33. The van der Waals surface area contributed by atoms with Gasteiger partial charge in [0.15, 0.2) is 5.82 Å². The summed E-state index contributed by atoms with van der Waals surface area (Å²) in [6, 6.07) is 26.4. The van der Waals surface area contributed by atoms with Gasteiger partial charge in [0.1, 0.15) is 11.8 Å². The van der Waals surface area contributed by atoms with Crippen LogP contribution in [-0.4, -0.2) is 36.7 Å². The molecule has 1 atom stereocenters. The van der Waals surface area contributed by atoms with Crippen LogP contribution >= 0.6 is 0 Å². The summed E-state index contributed by atoms with van der Waals surface area (Å²) in [5.41, 5.74) is 4.73. The lowest BCUT2D eigenvalue weighted by Gasteiger charge is -2.32. The van der Waals surface area contributed by atoms with Gasteiger partial charge in [0.2, 0.25) is 0 Å². The van der Waals surface area contributed by atoms with Crippen molar-refractivity contribution >= 4 is 10.9 Å². The molecule has 1 fully saturated rings. The highest BCUT2D eigenvalue weighted by molar-refractivity contribution is 5.79.